The summed E-state index contributed by atoms with van der Waals surface area (Å²) < 4.78 is 5.47. The molecule has 0 unspecified atom stereocenters. The van der Waals surface area contributed by atoms with Crippen molar-refractivity contribution in [3.63, 3.8) is 0 Å². The van der Waals surface area contributed by atoms with Gasteiger partial charge in [-0.05, 0) is 69.0 Å². The van der Waals surface area contributed by atoms with Crippen LogP contribution in [0.4, 0.5) is 0 Å². The minimum absolute atomic E-state index is 0.331. The van der Waals surface area contributed by atoms with Crippen molar-refractivity contribution in [2.45, 2.75) is 44.7 Å². The first-order valence-electron chi connectivity index (χ1n) is 10.2. The fourth-order valence-electron chi connectivity index (χ4n) is 4.23. The Kier molecular flexibility index (Phi) is 5.88. The molecule has 1 aliphatic rings. The summed E-state index contributed by atoms with van der Waals surface area (Å²) >= 11 is 0. The van der Waals surface area contributed by atoms with Crippen LogP contribution in [0.2, 0.25) is 0 Å². The van der Waals surface area contributed by atoms with E-state index in [1.54, 1.807) is 7.11 Å². The summed E-state index contributed by atoms with van der Waals surface area (Å²) in [4.78, 5) is 15.6. The molecule has 6 nitrogen and oxygen atoms in total. The predicted molar refractivity (Wildman–Crippen MR) is 111 cm³/mol. The van der Waals surface area contributed by atoms with Crippen LogP contribution in [-0.4, -0.2) is 40.1 Å². The third kappa shape index (κ3) is 3.88. The Hall–Kier alpha value is -2.44. The third-order valence-electron chi connectivity index (χ3n) is 5.60. The number of nitrogens with two attached hydrogens (primary N) is 1. The molecule has 3 aromatic rings. The molecule has 28 heavy (non-hydrogen) atoms. The number of nitrogens with zero attached hydrogens (tertiary/aromatic N) is 3. The second kappa shape index (κ2) is 8.71. The zero-order chi connectivity index (χ0) is 19.3. The smallest absolute Gasteiger partial charge is 0.146 e. The Morgan fingerprint density at radius 1 is 1.25 bits per heavy atom. The number of H-pyrrole nitrogens is 1. The van der Waals surface area contributed by atoms with E-state index in [2.05, 4.69) is 16.0 Å². The van der Waals surface area contributed by atoms with Crippen LogP contribution in [-0.2, 0) is 13.0 Å². The van der Waals surface area contributed by atoms with Crippen LogP contribution in [0.3, 0.4) is 0 Å². The maximum absolute atomic E-state index is 5.74. The van der Waals surface area contributed by atoms with Gasteiger partial charge in [0.15, 0.2) is 0 Å². The van der Waals surface area contributed by atoms with Gasteiger partial charge in [-0.3, -0.25) is 9.88 Å². The molecule has 0 spiro atoms. The second-order valence-electron chi connectivity index (χ2n) is 7.46. The lowest BCUT2D eigenvalue weighted by atomic mass is 9.90. The number of aromatic amines is 1. The van der Waals surface area contributed by atoms with Gasteiger partial charge in [-0.25, -0.2) is 4.98 Å². The molecule has 4 rings (SSSR count). The lowest BCUT2D eigenvalue weighted by molar-refractivity contribution is 0.159. The minimum Gasteiger partial charge on any atom is -0.494 e. The summed E-state index contributed by atoms with van der Waals surface area (Å²) in [6.45, 7) is 2.49. The first-order chi connectivity index (χ1) is 13.8. The summed E-state index contributed by atoms with van der Waals surface area (Å²) in [5, 5.41) is 0. The topological polar surface area (TPSA) is 80.1 Å². The summed E-state index contributed by atoms with van der Waals surface area (Å²) in [5.74, 6) is 1.77. The zero-order valence-corrected chi connectivity index (χ0v) is 16.5. The highest BCUT2D eigenvalue weighted by molar-refractivity contribution is 5.81. The Labute approximate surface area is 166 Å². The van der Waals surface area contributed by atoms with Crippen LogP contribution in [0, 0.1) is 0 Å². The van der Waals surface area contributed by atoms with Gasteiger partial charge in [0.05, 0.1) is 30.9 Å². The van der Waals surface area contributed by atoms with Crippen molar-refractivity contribution in [2.24, 2.45) is 5.73 Å². The highest BCUT2D eigenvalue weighted by Crippen LogP contribution is 2.34. The quantitative estimate of drug-likeness (QED) is 0.585. The Bertz CT molecular complexity index is 922. The van der Waals surface area contributed by atoms with Gasteiger partial charge in [-0.1, -0.05) is 12.1 Å². The summed E-state index contributed by atoms with van der Waals surface area (Å²) in [7, 11) is 1.69. The average molecular weight is 380 g/mol. The number of hydrogen-bond donors (Lipinski definition) is 2. The molecule has 2 heterocycles. The van der Waals surface area contributed by atoms with Gasteiger partial charge in [0.2, 0.25) is 0 Å². The molecule has 0 bridgehead atoms. The van der Waals surface area contributed by atoms with Crippen molar-refractivity contribution in [1.82, 2.24) is 19.9 Å². The molecule has 0 aliphatic heterocycles. The van der Waals surface area contributed by atoms with Crippen molar-refractivity contribution in [3.8, 4) is 5.75 Å². The van der Waals surface area contributed by atoms with Gasteiger partial charge in [0, 0.05) is 6.20 Å². The molecule has 148 valence electrons. The number of imidazole rings is 1. The fraction of sp³-hybridized carbons (Fsp3) is 0.455. The van der Waals surface area contributed by atoms with E-state index in [9.17, 15) is 0 Å². The first-order valence-corrected chi connectivity index (χ1v) is 10.2. The van der Waals surface area contributed by atoms with Crippen molar-refractivity contribution in [2.75, 3.05) is 20.2 Å². The van der Waals surface area contributed by atoms with Crippen LogP contribution < -0.4 is 10.5 Å². The van der Waals surface area contributed by atoms with Crippen LogP contribution in [0.5, 0.6) is 5.75 Å². The van der Waals surface area contributed by atoms with Crippen LogP contribution in [0.1, 0.15) is 48.8 Å². The maximum atomic E-state index is 5.74. The number of aryl methyl sites for hydroxylation is 1. The lowest BCUT2D eigenvalue weighted by Crippen LogP contribution is -2.33. The van der Waals surface area contributed by atoms with E-state index in [1.165, 1.54) is 17.7 Å². The number of nitrogens with one attached hydrogen (secondary N) is 1. The molecule has 0 saturated heterocycles. The van der Waals surface area contributed by atoms with E-state index in [0.29, 0.717) is 6.04 Å². The number of methoxy groups -OCH3 is 1. The van der Waals surface area contributed by atoms with Gasteiger partial charge in [-0.2, -0.15) is 0 Å². The lowest BCUT2D eigenvalue weighted by Gasteiger charge is -2.34. The standard InChI is InChI=1S/C22H29N5O/c1-28-19-11-5-9-17-22(19)26-20(25-17)15-27(14-3-2-12-23)18-10-4-7-16-8-6-13-24-21(16)18/h5-6,8-9,11,13,18H,2-4,7,10,12,14-15,23H2,1H3,(H,25,26)/t18-/m0/s1. The zero-order valence-electron chi connectivity index (χ0n) is 16.5. The average Bonchev–Trinajstić information content (AvgIpc) is 3.15. The number of aromatic nitrogens is 3. The van der Waals surface area contributed by atoms with Crippen molar-refractivity contribution in [1.29, 1.82) is 0 Å². The molecule has 1 aromatic carbocycles. The number of benzene rings is 1. The number of fused-ring (bicyclic) bond motifs is 2. The van der Waals surface area contributed by atoms with E-state index in [0.717, 1.165) is 67.9 Å². The van der Waals surface area contributed by atoms with Crippen molar-refractivity contribution >= 4 is 11.0 Å². The van der Waals surface area contributed by atoms with Crippen molar-refractivity contribution < 1.29 is 4.74 Å². The van der Waals surface area contributed by atoms with Gasteiger partial charge in [0.1, 0.15) is 17.1 Å². The molecule has 6 heteroatoms. The van der Waals surface area contributed by atoms with Gasteiger partial charge < -0.3 is 15.5 Å². The molecular formula is C22H29N5O. The number of rotatable bonds is 8. The number of para-hydroxylation sites is 1. The largest absolute Gasteiger partial charge is 0.494 e. The summed E-state index contributed by atoms with van der Waals surface area (Å²) in [5.41, 5.74) is 10.3. The van der Waals surface area contributed by atoms with Crippen LogP contribution >= 0.6 is 0 Å². The normalized spacial score (nSPS) is 16.5. The SMILES string of the molecule is COc1cccc2[nH]c(CN(CCCCN)[C@H]3CCCc4cccnc43)nc12. The monoisotopic (exact) mass is 379 g/mol. The van der Waals surface area contributed by atoms with Crippen LogP contribution in [0.25, 0.3) is 11.0 Å². The van der Waals surface area contributed by atoms with E-state index in [4.69, 9.17) is 20.4 Å². The molecule has 1 aliphatic carbocycles. The maximum Gasteiger partial charge on any atom is 0.146 e. The van der Waals surface area contributed by atoms with E-state index >= 15 is 0 Å². The van der Waals surface area contributed by atoms with Crippen LogP contribution in [0.15, 0.2) is 36.5 Å². The van der Waals surface area contributed by atoms with Crippen molar-refractivity contribution in [3.05, 3.63) is 53.6 Å². The number of hydrogen-bond acceptors (Lipinski definition) is 5. The Balaban J connectivity index is 1.62. The molecule has 0 amide bonds. The molecular weight excluding hydrogens is 350 g/mol. The highest BCUT2D eigenvalue weighted by Gasteiger charge is 2.27. The van der Waals surface area contributed by atoms with Gasteiger partial charge in [-0.15, -0.1) is 0 Å². The summed E-state index contributed by atoms with van der Waals surface area (Å²) in [6, 6.07) is 10.6. The van der Waals surface area contributed by atoms with E-state index in [-0.39, 0.29) is 0 Å². The van der Waals surface area contributed by atoms with E-state index in [1.807, 2.05) is 30.5 Å². The van der Waals surface area contributed by atoms with Gasteiger partial charge in [0.25, 0.3) is 0 Å². The number of unbranched alkanes of at least 4 members (excludes halogenated alkanes) is 1. The first kappa shape index (κ1) is 18.9. The summed E-state index contributed by atoms with van der Waals surface area (Å²) in [6.07, 6.45) is 7.49. The predicted octanol–water partition coefficient (Wildman–Crippen LogP) is 3.59. The molecule has 0 fully saturated rings. The Morgan fingerprint density at radius 3 is 3.04 bits per heavy atom. The molecule has 2 aromatic heterocycles. The fourth-order valence-corrected chi connectivity index (χ4v) is 4.23. The highest BCUT2D eigenvalue weighted by atomic mass is 16.5. The Morgan fingerprint density at radius 2 is 2.18 bits per heavy atom. The molecule has 0 saturated carbocycles. The van der Waals surface area contributed by atoms with Gasteiger partial charge >= 0.3 is 0 Å². The minimum atomic E-state index is 0.331. The molecule has 3 N–H and O–H groups in total. The third-order valence-corrected chi connectivity index (χ3v) is 5.60. The molecule has 0 radical (unpaired) electrons. The number of ether oxygens (including phenoxy) is 1. The molecule has 1 atom stereocenters. The van der Waals surface area contributed by atoms with E-state index < -0.39 is 0 Å². The number of pyridine rings is 1. The second-order valence-corrected chi connectivity index (χ2v) is 7.46.